The van der Waals surface area contributed by atoms with Crippen LogP contribution in [0.2, 0.25) is 0 Å². The molecule has 0 amide bonds. The highest BCUT2D eigenvalue weighted by Gasteiger charge is 2.22. The molecule has 0 saturated heterocycles. The van der Waals surface area contributed by atoms with Gasteiger partial charge in [0.2, 0.25) is 0 Å². The van der Waals surface area contributed by atoms with E-state index in [4.69, 9.17) is 9.47 Å². The lowest BCUT2D eigenvalue weighted by molar-refractivity contribution is 0.168. The van der Waals surface area contributed by atoms with Crippen molar-refractivity contribution in [3.05, 3.63) is 23.8 Å². The number of fused-ring (bicyclic) bond motifs is 1. The first-order valence-corrected chi connectivity index (χ1v) is 7.88. The van der Waals surface area contributed by atoms with Gasteiger partial charge in [-0.2, -0.15) is 0 Å². The molecule has 1 N–H and O–H groups in total. The zero-order chi connectivity index (χ0) is 14.4. The molecule has 1 aliphatic rings. The number of hydrogen-bond donors (Lipinski definition) is 1. The summed E-state index contributed by atoms with van der Waals surface area (Å²) in [7, 11) is 0. The van der Waals surface area contributed by atoms with Crippen molar-refractivity contribution in [3.63, 3.8) is 0 Å². The number of para-hydroxylation sites is 1. The summed E-state index contributed by atoms with van der Waals surface area (Å²) in [5.74, 6) is 2.54. The van der Waals surface area contributed by atoms with Crippen molar-refractivity contribution >= 4 is 0 Å². The Kier molecular flexibility index (Phi) is 5.72. The van der Waals surface area contributed by atoms with Crippen molar-refractivity contribution in [2.75, 3.05) is 19.8 Å². The maximum Gasteiger partial charge on any atom is 0.166 e. The van der Waals surface area contributed by atoms with Gasteiger partial charge < -0.3 is 14.8 Å². The Labute approximate surface area is 122 Å². The van der Waals surface area contributed by atoms with Crippen molar-refractivity contribution in [1.29, 1.82) is 0 Å². The molecule has 0 saturated carbocycles. The van der Waals surface area contributed by atoms with Gasteiger partial charge in [-0.05, 0) is 24.9 Å². The summed E-state index contributed by atoms with van der Waals surface area (Å²) in [4.78, 5) is 0. The van der Waals surface area contributed by atoms with Gasteiger partial charge in [0, 0.05) is 11.6 Å². The van der Waals surface area contributed by atoms with E-state index in [-0.39, 0.29) is 0 Å². The Balaban J connectivity index is 2.20. The van der Waals surface area contributed by atoms with E-state index in [1.54, 1.807) is 0 Å². The van der Waals surface area contributed by atoms with Gasteiger partial charge in [-0.1, -0.05) is 45.7 Å². The molecule has 0 spiro atoms. The van der Waals surface area contributed by atoms with Crippen LogP contribution in [0.5, 0.6) is 11.5 Å². The maximum atomic E-state index is 5.86. The second-order valence-corrected chi connectivity index (χ2v) is 5.61. The van der Waals surface area contributed by atoms with E-state index in [0.29, 0.717) is 25.2 Å². The SMILES string of the molecule is CCCC(C)CC(NCC)c1cccc2c1OCCO2. The quantitative estimate of drug-likeness (QED) is 0.819. The maximum absolute atomic E-state index is 5.86. The number of nitrogens with one attached hydrogen (secondary N) is 1. The van der Waals surface area contributed by atoms with Crippen LogP contribution in [0.1, 0.15) is 51.6 Å². The van der Waals surface area contributed by atoms with Crippen molar-refractivity contribution in [2.24, 2.45) is 5.92 Å². The van der Waals surface area contributed by atoms with E-state index >= 15 is 0 Å². The molecule has 3 nitrogen and oxygen atoms in total. The first kappa shape index (κ1) is 15.2. The molecule has 1 aliphatic heterocycles. The van der Waals surface area contributed by atoms with Gasteiger partial charge >= 0.3 is 0 Å². The molecule has 1 heterocycles. The van der Waals surface area contributed by atoms with Gasteiger partial charge in [-0.15, -0.1) is 0 Å². The van der Waals surface area contributed by atoms with Crippen LogP contribution in [0.25, 0.3) is 0 Å². The second-order valence-electron chi connectivity index (χ2n) is 5.61. The fourth-order valence-corrected chi connectivity index (χ4v) is 2.95. The molecule has 0 radical (unpaired) electrons. The van der Waals surface area contributed by atoms with Crippen LogP contribution in [0.3, 0.4) is 0 Å². The highest BCUT2D eigenvalue weighted by Crippen LogP contribution is 2.39. The Morgan fingerprint density at radius 2 is 2.00 bits per heavy atom. The summed E-state index contributed by atoms with van der Waals surface area (Å²) >= 11 is 0. The molecule has 2 unspecified atom stereocenters. The standard InChI is InChI=1S/C17H27NO2/c1-4-7-13(3)12-15(18-5-2)14-8-6-9-16-17(14)20-11-10-19-16/h6,8-9,13,15,18H,4-5,7,10-12H2,1-3H3. The number of hydrogen-bond acceptors (Lipinski definition) is 3. The van der Waals surface area contributed by atoms with Crippen molar-refractivity contribution < 1.29 is 9.47 Å². The van der Waals surface area contributed by atoms with E-state index in [1.807, 2.05) is 6.07 Å². The Morgan fingerprint density at radius 1 is 1.20 bits per heavy atom. The molecular weight excluding hydrogens is 250 g/mol. The molecule has 1 aromatic rings. The molecule has 1 aromatic carbocycles. The normalized spacial score (nSPS) is 16.8. The van der Waals surface area contributed by atoms with Gasteiger partial charge in [-0.3, -0.25) is 0 Å². The van der Waals surface area contributed by atoms with Gasteiger partial charge in [0.25, 0.3) is 0 Å². The first-order valence-electron chi connectivity index (χ1n) is 7.88. The third kappa shape index (κ3) is 3.66. The van der Waals surface area contributed by atoms with E-state index in [1.165, 1.54) is 18.4 Å². The second kappa shape index (κ2) is 7.53. The minimum absolute atomic E-state index is 0.346. The van der Waals surface area contributed by atoms with E-state index < -0.39 is 0 Å². The predicted molar refractivity (Wildman–Crippen MR) is 82.5 cm³/mol. The van der Waals surface area contributed by atoms with Crippen LogP contribution >= 0.6 is 0 Å². The van der Waals surface area contributed by atoms with Crippen LogP contribution < -0.4 is 14.8 Å². The molecule has 0 fully saturated rings. The Bertz CT molecular complexity index is 419. The molecule has 20 heavy (non-hydrogen) atoms. The predicted octanol–water partition coefficient (Wildman–Crippen LogP) is 3.93. The first-order chi connectivity index (χ1) is 9.76. The lowest BCUT2D eigenvalue weighted by Gasteiger charge is -2.27. The van der Waals surface area contributed by atoms with Crippen molar-refractivity contribution in [1.82, 2.24) is 5.32 Å². The van der Waals surface area contributed by atoms with Crippen LogP contribution in [0, 0.1) is 5.92 Å². The molecule has 2 atom stereocenters. The van der Waals surface area contributed by atoms with Gasteiger partial charge in [0.1, 0.15) is 13.2 Å². The van der Waals surface area contributed by atoms with Crippen LogP contribution in [-0.2, 0) is 0 Å². The monoisotopic (exact) mass is 277 g/mol. The number of ether oxygens (including phenoxy) is 2. The molecule has 112 valence electrons. The van der Waals surface area contributed by atoms with Gasteiger partial charge in [0.15, 0.2) is 11.5 Å². The zero-order valence-corrected chi connectivity index (χ0v) is 12.9. The van der Waals surface area contributed by atoms with E-state index in [2.05, 4.69) is 38.2 Å². The van der Waals surface area contributed by atoms with Crippen LogP contribution in [-0.4, -0.2) is 19.8 Å². The summed E-state index contributed by atoms with van der Waals surface area (Å²) in [5, 5.41) is 3.60. The topological polar surface area (TPSA) is 30.5 Å². The highest BCUT2D eigenvalue weighted by molar-refractivity contribution is 5.48. The number of benzene rings is 1. The lowest BCUT2D eigenvalue weighted by atomic mass is 9.92. The molecule has 3 heteroatoms. The Morgan fingerprint density at radius 3 is 2.75 bits per heavy atom. The largest absolute Gasteiger partial charge is 0.486 e. The summed E-state index contributed by atoms with van der Waals surface area (Å²) in [6.07, 6.45) is 3.66. The minimum Gasteiger partial charge on any atom is -0.486 e. The molecule has 0 bridgehead atoms. The average Bonchev–Trinajstić information content (AvgIpc) is 2.46. The van der Waals surface area contributed by atoms with Crippen molar-refractivity contribution in [2.45, 2.75) is 46.1 Å². The third-order valence-electron chi connectivity index (χ3n) is 3.84. The zero-order valence-electron chi connectivity index (χ0n) is 12.9. The lowest BCUT2D eigenvalue weighted by Crippen LogP contribution is -2.25. The summed E-state index contributed by atoms with van der Waals surface area (Å²) < 4.78 is 11.6. The smallest absolute Gasteiger partial charge is 0.166 e. The molecular formula is C17H27NO2. The summed E-state index contributed by atoms with van der Waals surface area (Å²) in [6, 6.07) is 6.58. The fourth-order valence-electron chi connectivity index (χ4n) is 2.95. The van der Waals surface area contributed by atoms with E-state index in [9.17, 15) is 0 Å². The fraction of sp³-hybridized carbons (Fsp3) is 0.647. The summed E-state index contributed by atoms with van der Waals surface area (Å²) in [5.41, 5.74) is 1.24. The Hall–Kier alpha value is -1.22. The summed E-state index contributed by atoms with van der Waals surface area (Å²) in [6.45, 7) is 9.00. The molecule has 2 rings (SSSR count). The molecule has 0 aromatic heterocycles. The highest BCUT2D eigenvalue weighted by atomic mass is 16.6. The molecule has 0 aliphatic carbocycles. The third-order valence-corrected chi connectivity index (χ3v) is 3.84. The van der Waals surface area contributed by atoms with E-state index in [0.717, 1.165) is 24.5 Å². The average molecular weight is 277 g/mol. The van der Waals surface area contributed by atoms with Crippen LogP contribution in [0.15, 0.2) is 18.2 Å². The van der Waals surface area contributed by atoms with Gasteiger partial charge in [0.05, 0.1) is 0 Å². The van der Waals surface area contributed by atoms with Gasteiger partial charge in [-0.25, -0.2) is 0 Å². The van der Waals surface area contributed by atoms with Crippen LogP contribution in [0.4, 0.5) is 0 Å². The number of rotatable bonds is 7. The van der Waals surface area contributed by atoms with Crippen molar-refractivity contribution in [3.8, 4) is 11.5 Å². The minimum atomic E-state index is 0.346.